The van der Waals surface area contributed by atoms with Crippen LogP contribution in [0.15, 0.2) is 176 Å². The molecule has 0 fully saturated rings. The Bertz CT molecular complexity index is 2840. The first-order chi connectivity index (χ1) is 25.3. The zero-order chi connectivity index (χ0) is 33.7. The Balaban J connectivity index is 1.23. The van der Waals surface area contributed by atoms with Gasteiger partial charge < -0.3 is 4.57 Å². The summed E-state index contributed by atoms with van der Waals surface area (Å²) in [6.07, 6.45) is 0. The number of para-hydroxylation sites is 2. The molecule has 0 bridgehead atoms. The summed E-state index contributed by atoms with van der Waals surface area (Å²) in [6.45, 7) is 0. The van der Waals surface area contributed by atoms with Crippen LogP contribution in [0.2, 0.25) is 0 Å². The molecule has 238 valence electrons. The normalized spacial score (nSPS) is 11.5. The summed E-state index contributed by atoms with van der Waals surface area (Å²) in [6, 6.07) is 60.9. The summed E-state index contributed by atoms with van der Waals surface area (Å²) in [7, 11) is 0. The van der Waals surface area contributed by atoms with Crippen LogP contribution in [0.3, 0.4) is 0 Å². The standard InChI is InChI=1S/C46H29N5/c1-4-15-30(16-5-1)43-37-27-28-40-42(41(37)35-23-10-12-25-38(35)47-43)36-24-11-13-26-39(36)51(40)34-22-14-21-33(29-34)46-49-44(31-17-6-2-7-18-31)48-45(50-46)32-19-8-3-9-20-32/h1-29H. The molecule has 5 heteroatoms. The van der Waals surface area contributed by atoms with E-state index in [1.165, 1.54) is 16.2 Å². The lowest BCUT2D eigenvalue weighted by Gasteiger charge is -2.13. The van der Waals surface area contributed by atoms with Crippen LogP contribution in [-0.2, 0) is 0 Å². The van der Waals surface area contributed by atoms with Crippen molar-refractivity contribution < 1.29 is 0 Å². The van der Waals surface area contributed by atoms with Crippen molar-refractivity contribution in [1.29, 1.82) is 0 Å². The molecule has 0 spiro atoms. The third-order valence-corrected chi connectivity index (χ3v) is 9.61. The smallest absolute Gasteiger partial charge is 0.164 e. The van der Waals surface area contributed by atoms with Crippen molar-refractivity contribution >= 4 is 43.5 Å². The SMILES string of the molecule is c1ccc(-c2nc(-c3ccccc3)nc(-c3cccc(-n4c5ccccc5c5c6c(ccc54)c(-c4ccccc4)nc4ccccc46)c3)n2)cc1. The first kappa shape index (κ1) is 29.0. The number of aromatic nitrogens is 5. The van der Waals surface area contributed by atoms with Gasteiger partial charge in [-0.05, 0) is 30.3 Å². The van der Waals surface area contributed by atoms with Gasteiger partial charge in [0.25, 0.3) is 0 Å². The zero-order valence-corrected chi connectivity index (χ0v) is 27.5. The largest absolute Gasteiger partial charge is 0.309 e. The molecule has 0 aliphatic heterocycles. The topological polar surface area (TPSA) is 56.5 Å². The van der Waals surface area contributed by atoms with E-state index in [2.05, 4.69) is 120 Å². The summed E-state index contributed by atoms with van der Waals surface area (Å²) in [5.74, 6) is 1.91. The van der Waals surface area contributed by atoms with Gasteiger partial charge in [-0.15, -0.1) is 0 Å². The number of pyridine rings is 1. The predicted octanol–water partition coefficient (Wildman–Crippen LogP) is 11.3. The van der Waals surface area contributed by atoms with Crippen molar-refractivity contribution in [2.24, 2.45) is 0 Å². The van der Waals surface area contributed by atoms with Crippen LogP contribution in [0.4, 0.5) is 0 Å². The highest BCUT2D eigenvalue weighted by atomic mass is 15.0. The molecule has 0 radical (unpaired) electrons. The fraction of sp³-hybridized carbons (Fsp3) is 0. The summed E-state index contributed by atoms with van der Waals surface area (Å²) in [5.41, 5.74) is 9.16. The number of nitrogens with zero attached hydrogens (tertiary/aromatic N) is 5. The minimum Gasteiger partial charge on any atom is -0.309 e. The quantitative estimate of drug-likeness (QED) is 0.174. The van der Waals surface area contributed by atoms with E-state index in [0.717, 1.165) is 61.0 Å². The van der Waals surface area contributed by atoms with Crippen molar-refractivity contribution in [3.05, 3.63) is 176 Å². The van der Waals surface area contributed by atoms with Gasteiger partial charge in [0.05, 0.1) is 22.2 Å². The average Bonchev–Trinajstić information content (AvgIpc) is 3.56. The maximum atomic E-state index is 5.20. The van der Waals surface area contributed by atoms with Crippen LogP contribution in [0.1, 0.15) is 0 Å². The Morgan fingerprint density at radius 1 is 0.333 bits per heavy atom. The van der Waals surface area contributed by atoms with Crippen LogP contribution in [-0.4, -0.2) is 24.5 Å². The van der Waals surface area contributed by atoms with E-state index in [4.69, 9.17) is 19.9 Å². The molecule has 0 atom stereocenters. The second-order valence-electron chi connectivity index (χ2n) is 12.7. The number of hydrogen-bond donors (Lipinski definition) is 0. The number of hydrogen-bond acceptors (Lipinski definition) is 4. The molecular weight excluding hydrogens is 623 g/mol. The molecule has 0 unspecified atom stereocenters. The molecule has 7 aromatic carbocycles. The maximum absolute atomic E-state index is 5.20. The third-order valence-electron chi connectivity index (χ3n) is 9.61. The van der Waals surface area contributed by atoms with Gasteiger partial charge in [0, 0.05) is 54.9 Å². The molecule has 0 aliphatic rings. The molecule has 10 rings (SSSR count). The van der Waals surface area contributed by atoms with Gasteiger partial charge in [0.15, 0.2) is 17.5 Å². The van der Waals surface area contributed by atoms with E-state index in [1.54, 1.807) is 0 Å². The Morgan fingerprint density at radius 3 is 1.57 bits per heavy atom. The minimum atomic E-state index is 0.625. The monoisotopic (exact) mass is 651 g/mol. The molecule has 0 amide bonds. The van der Waals surface area contributed by atoms with Crippen molar-refractivity contribution in [3.8, 4) is 51.1 Å². The van der Waals surface area contributed by atoms with Gasteiger partial charge in [0.1, 0.15) is 0 Å². The van der Waals surface area contributed by atoms with Crippen LogP contribution >= 0.6 is 0 Å². The van der Waals surface area contributed by atoms with Gasteiger partial charge in [-0.25, -0.2) is 19.9 Å². The van der Waals surface area contributed by atoms with Crippen molar-refractivity contribution in [3.63, 3.8) is 0 Å². The Labute approximate surface area is 294 Å². The Kier molecular flexibility index (Phi) is 6.74. The summed E-state index contributed by atoms with van der Waals surface area (Å²) in [5, 5.41) is 5.89. The van der Waals surface area contributed by atoms with Crippen LogP contribution in [0.5, 0.6) is 0 Å². The van der Waals surface area contributed by atoms with E-state index in [9.17, 15) is 0 Å². The molecule has 5 nitrogen and oxygen atoms in total. The molecule has 0 saturated heterocycles. The molecule has 0 aliphatic carbocycles. The van der Waals surface area contributed by atoms with Crippen molar-refractivity contribution in [1.82, 2.24) is 24.5 Å². The van der Waals surface area contributed by atoms with E-state index >= 15 is 0 Å². The Hall–Kier alpha value is -6.98. The summed E-state index contributed by atoms with van der Waals surface area (Å²) >= 11 is 0. The lowest BCUT2D eigenvalue weighted by atomic mass is 9.96. The molecule has 3 aromatic heterocycles. The van der Waals surface area contributed by atoms with Gasteiger partial charge in [-0.1, -0.05) is 146 Å². The maximum Gasteiger partial charge on any atom is 0.164 e. The van der Waals surface area contributed by atoms with Gasteiger partial charge in [-0.3, -0.25) is 0 Å². The summed E-state index contributed by atoms with van der Waals surface area (Å²) in [4.78, 5) is 20.1. The van der Waals surface area contributed by atoms with Crippen LogP contribution in [0, 0.1) is 0 Å². The highest BCUT2D eigenvalue weighted by Gasteiger charge is 2.20. The van der Waals surface area contributed by atoms with Gasteiger partial charge in [-0.2, -0.15) is 0 Å². The highest BCUT2D eigenvalue weighted by Crippen LogP contribution is 2.42. The fourth-order valence-corrected chi connectivity index (χ4v) is 7.32. The first-order valence-electron chi connectivity index (χ1n) is 17.1. The molecular formula is C46H29N5. The number of fused-ring (bicyclic) bond motifs is 7. The number of rotatable bonds is 5. The molecule has 0 N–H and O–H groups in total. The highest BCUT2D eigenvalue weighted by molar-refractivity contribution is 6.29. The predicted molar refractivity (Wildman–Crippen MR) is 209 cm³/mol. The van der Waals surface area contributed by atoms with E-state index < -0.39 is 0 Å². The molecule has 0 saturated carbocycles. The molecule has 51 heavy (non-hydrogen) atoms. The molecule has 10 aromatic rings. The van der Waals surface area contributed by atoms with Crippen molar-refractivity contribution in [2.45, 2.75) is 0 Å². The Morgan fingerprint density at radius 2 is 0.882 bits per heavy atom. The lowest BCUT2D eigenvalue weighted by molar-refractivity contribution is 1.07. The minimum absolute atomic E-state index is 0.625. The zero-order valence-electron chi connectivity index (χ0n) is 27.5. The first-order valence-corrected chi connectivity index (χ1v) is 17.1. The molecule has 3 heterocycles. The lowest BCUT2D eigenvalue weighted by Crippen LogP contribution is -2.01. The van der Waals surface area contributed by atoms with Crippen LogP contribution < -0.4 is 0 Å². The number of benzene rings is 7. The fourth-order valence-electron chi connectivity index (χ4n) is 7.32. The summed E-state index contributed by atoms with van der Waals surface area (Å²) < 4.78 is 2.36. The van der Waals surface area contributed by atoms with Gasteiger partial charge in [0.2, 0.25) is 0 Å². The van der Waals surface area contributed by atoms with E-state index in [1.807, 2.05) is 60.7 Å². The second kappa shape index (κ2) is 11.9. The van der Waals surface area contributed by atoms with Crippen molar-refractivity contribution in [2.75, 3.05) is 0 Å². The third kappa shape index (κ3) is 4.86. The average molecular weight is 652 g/mol. The van der Waals surface area contributed by atoms with E-state index in [0.29, 0.717) is 17.5 Å². The van der Waals surface area contributed by atoms with Crippen LogP contribution in [0.25, 0.3) is 94.6 Å². The van der Waals surface area contributed by atoms with Gasteiger partial charge >= 0.3 is 0 Å². The van der Waals surface area contributed by atoms with E-state index in [-0.39, 0.29) is 0 Å². The second-order valence-corrected chi connectivity index (χ2v) is 12.7.